The number of rotatable bonds is 5. The third-order valence-corrected chi connectivity index (χ3v) is 4.19. The van der Waals surface area contributed by atoms with Crippen molar-refractivity contribution in [2.24, 2.45) is 0 Å². The Hall–Kier alpha value is -3.74. The Morgan fingerprint density at radius 2 is 1.79 bits per heavy atom. The molecule has 7 nitrogen and oxygen atoms in total. The van der Waals surface area contributed by atoms with Gasteiger partial charge in [0.25, 0.3) is 0 Å². The van der Waals surface area contributed by atoms with Crippen LogP contribution in [0.2, 0.25) is 0 Å². The second-order valence-electron chi connectivity index (χ2n) is 6.15. The fourth-order valence-electron chi connectivity index (χ4n) is 2.76. The van der Waals surface area contributed by atoms with Crippen LogP contribution in [0.15, 0.2) is 61.1 Å². The van der Waals surface area contributed by atoms with Crippen LogP contribution >= 0.6 is 0 Å². The number of fused-ring (bicyclic) bond motifs is 1. The first-order valence-corrected chi connectivity index (χ1v) is 8.86. The minimum atomic E-state index is -0.363. The molecule has 0 radical (unpaired) electrons. The summed E-state index contributed by atoms with van der Waals surface area (Å²) in [6.07, 6.45) is 3.12. The van der Waals surface area contributed by atoms with E-state index in [2.05, 4.69) is 15.1 Å². The van der Waals surface area contributed by atoms with Crippen molar-refractivity contribution in [3.63, 3.8) is 0 Å². The molecule has 0 aliphatic heterocycles. The Bertz CT molecular complexity index is 1120. The zero-order chi connectivity index (χ0) is 19.5. The summed E-state index contributed by atoms with van der Waals surface area (Å²) in [7, 11) is 0. The smallest absolute Gasteiger partial charge is 0.338 e. The summed E-state index contributed by atoms with van der Waals surface area (Å²) in [6.45, 7) is 4.14. The van der Waals surface area contributed by atoms with Gasteiger partial charge in [-0.2, -0.15) is 5.10 Å². The first kappa shape index (κ1) is 17.7. The molecule has 2 heterocycles. The van der Waals surface area contributed by atoms with Crippen molar-refractivity contribution in [1.82, 2.24) is 19.7 Å². The highest BCUT2D eigenvalue weighted by molar-refractivity contribution is 5.89. The van der Waals surface area contributed by atoms with Gasteiger partial charge < -0.3 is 9.47 Å². The molecule has 0 saturated carbocycles. The van der Waals surface area contributed by atoms with Crippen LogP contribution in [0.5, 0.6) is 11.6 Å². The summed E-state index contributed by atoms with van der Waals surface area (Å²) >= 11 is 0. The summed E-state index contributed by atoms with van der Waals surface area (Å²) < 4.78 is 12.6. The molecule has 4 rings (SSSR count). The molecule has 0 unspecified atom stereocenters. The van der Waals surface area contributed by atoms with E-state index in [0.29, 0.717) is 34.8 Å². The van der Waals surface area contributed by atoms with Gasteiger partial charge in [0.05, 0.1) is 24.1 Å². The average Bonchev–Trinajstić information content (AvgIpc) is 3.14. The summed E-state index contributed by atoms with van der Waals surface area (Å²) in [5, 5.41) is 5.12. The quantitative estimate of drug-likeness (QED) is 0.490. The van der Waals surface area contributed by atoms with E-state index in [4.69, 9.17) is 9.47 Å². The van der Waals surface area contributed by atoms with Crippen molar-refractivity contribution in [3.05, 3.63) is 72.2 Å². The molecule has 0 aliphatic carbocycles. The van der Waals surface area contributed by atoms with Gasteiger partial charge in [-0.15, -0.1) is 0 Å². The molecular formula is C21H18N4O3. The predicted molar refractivity (Wildman–Crippen MR) is 104 cm³/mol. The molecule has 140 valence electrons. The topological polar surface area (TPSA) is 79.1 Å². The molecule has 0 spiro atoms. The van der Waals surface area contributed by atoms with E-state index >= 15 is 0 Å². The van der Waals surface area contributed by atoms with Crippen molar-refractivity contribution in [2.45, 2.75) is 13.8 Å². The standard InChI is InChI=1S/C21H18N4O3/c1-3-27-21(26)15-6-10-17(11-7-15)28-20-18-12-24-25(19(18)22-13-23-20)16-8-4-14(2)5-9-16/h4-13H,3H2,1-2H3. The number of aryl methyl sites for hydroxylation is 1. The van der Waals surface area contributed by atoms with Crippen LogP contribution in [0.25, 0.3) is 16.7 Å². The van der Waals surface area contributed by atoms with Crippen LogP contribution in [0.1, 0.15) is 22.8 Å². The Balaban J connectivity index is 1.63. The van der Waals surface area contributed by atoms with E-state index in [1.165, 1.54) is 11.9 Å². The van der Waals surface area contributed by atoms with E-state index < -0.39 is 0 Å². The molecule has 0 N–H and O–H groups in total. The minimum Gasteiger partial charge on any atom is -0.462 e. The zero-order valence-corrected chi connectivity index (χ0v) is 15.5. The highest BCUT2D eigenvalue weighted by Crippen LogP contribution is 2.28. The monoisotopic (exact) mass is 374 g/mol. The van der Waals surface area contributed by atoms with Crippen LogP contribution < -0.4 is 4.74 Å². The molecule has 0 amide bonds. The number of carbonyl (C=O) groups excluding carboxylic acids is 1. The molecule has 0 aliphatic rings. The molecule has 0 fully saturated rings. The third-order valence-electron chi connectivity index (χ3n) is 4.19. The fourth-order valence-corrected chi connectivity index (χ4v) is 2.76. The number of hydrogen-bond acceptors (Lipinski definition) is 6. The number of nitrogens with zero attached hydrogens (tertiary/aromatic N) is 4. The first-order valence-electron chi connectivity index (χ1n) is 8.86. The maximum Gasteiger partial charge on any atom is 0.338 e. The van der Waals surface area contributed by atoms with Gasteiger partial charge in [-0.05, 0) is 50.2 Å². The Kier molecular flexibility index (Phi) is 4.72. The van der Waals surface area contributed by atoms with Gasteiger partial charge in [0, 0.05) is 0 Å². The number of benzene rings is 2. The van der Waals surface area contributed by atoms with Crippen molar-refractivity contribution >= 4 is 17.0 Å². The molecule has 7 heteroatoms. The largest absolute Gasteiger partial charge is 0.462 e. The minimum absolute atomic E-state index is 0.334. The van der Waals surface area contributed by atoms with Gasteiger partial charge in [0.2, 0.25) is 5.88 Å². The third kappa shape index (κ3) is 3.42. The molecular weight excluding hydrogens is 356 g/mol. The van der Waals surface area contributed by atoms with Crippen molar-refractivity contribution in [3.8, 4) is 17.3 Å². The van der Waals surface area contributed by atoms with Crippen molar-refractivity contribution < 1.29 is 14.3 Å². The molecule has 4 aromatic rings. The fraction of sp³-hybridized carbons (Fsp3) is 0.143. The maximum atomic E-state index is 11.8. The lowest BCUT2D eigenvalue weighted by Gasteiger charge is -2.07. The lowest BCUT2D eigenvalue weighted by atomic mass is 10.2. The molecule has 0 atom stereocenters. The summed E-state index contributed by atoms with van der Waals surface area (Å²) in [6, 6.07) is 14.7. The van der Waals surface area contributed by atoms with Gasteiger partial charge >= 0.3 is 5.97 Å². The molecule has 2 aromatic heterocycles. The zero-order valence-electron chi connectivity index (χ0n) is 15.5. The highest BCUT2D eigenvalue weighted by atomic mass is 16.5. The van der Waals surface area contributed by atoms with Gasteiger partial charge in [-0.25, -0.2) is 19.4 Å². The number of hydrogen-bond donors (Lipinski definition) is 0. The normalized spacial score (nSPS) is 10.8. The second-order valence-corrected chi connectivity index (χ2v) is 6.15. The van der Waals surface area contributed by atoms with Gasteiger partial charge in [-0.1, -0.05) is 17.7 Å². The number of ether oxygens (including phenoxy) is 2. The van der Waals surface area contributed by atoms with Crippen LogP contribution in [0.4, 0.5) is 0 Å². The van der Waals surface area contributed by atoms with Crippen molar-refractivity contribution in [1.29, 1.82) is 0 Å². The first-order chi connectivity index (χ1) is 13.7. The van der Waals surface area contributed by atoms with Crippen LogP contribution in [-0.4, -0.2) is 32.3 Å². The Morgan fingerprint density at radius 3 is 2.50 bits per heavy atom. The van der Waals surface area contributed by atoms with E-state index in [1.54, 1.807) is 42.1 Å². The second kappa shape index (κ2) is 7.48. The molecule has 2 aromatic carbocycles. The molecule has 0 bridgehead atoms. The van der Waals surface area contributed by atoms with Crippen LogP contribution in [0.3, 0.4) is 0 Å². The van der Waals surface area contributed by atoms with E-state index in [1.807, 2.05) is 31.2 Å². The Labute approximate surface area is 161 Å². The average molecular weight is 374 g/mol. The van der Waals surface area contributed by atoms with Crippen LogP contribution in [0, 0.1) is 6.92 Å². The highest BCUT2D eigenvalue weighted by Gasteiger charge is 2.13. The SMILES string of the molecule is CCOC(=O)c1ccc(Oc2ncnc3c2cnn3-c2ccc(C)cc2)cc1. The summed E-state index contributed by atoms with van der Waals surface area (Å²) in [5.74, 6) is 0.584. The number of esters is 1. The van der Waals surface area contributed by atoms with Crippen LogP contribution in [-0.2, 0) is 4.74 Å². The maximum absolute atomic E-state index is 11.8. The lowest BCUT2D eigenvalue weighted by molar-refractivity contribution is 0.0526. The van der Waals surface area contributed by atoms with E-state index in [0.717, 1.165) is 5.69 Å². The number of aromatic nitrogens is 4. The predicted octanol–water partition coefficient (Wildman–Crippen LogP) is 4.09. The van der Waals surface area contributed by atoms with Gasteiger partial charge in [0.1, 0.15) is 17.5 Å². The lowest BCUT2D eigenvalue weighted by Crippen LogP contribution is -2.04. The Morgan fingerprint density at radius 1 is 1.04 bits per heavy atom. The van der Waals surface area contributed by atoms with E-state index in [9.17, 15) is 4.79 Å². The summed E-state index contributed by atoms with van der Waals surface area (Å²) in [5.41, 5.74) is 3.19. The van der Waals surface area contributed by atoms with Crippen molar-refractivity contribution in [2.75, 3.05) is 6.61 Å². The van der Waals surface area contributed by atoms with Gasteiger partial charge in [0.15, 0.2) is 5.65 Å². The molecule has 28 heavy (non-hydrogen) atoms. The summed E-state index contributed by atoms with van der Waals surface area (Å²) in [4.78, 5) is 20.3. The van der Waals surface area contributed by atoms with Gasteiger partial charge in [-0.3, -0.25) is 0 Å². The number of carbonyl (C=O) groups is 1. The molecule has 0 saturated heterocycles. The van der Waals surface area contributed by atoms with E-state index in [-0.39, 0.29) is 5.97 Å².